The summed E-state index contributed by atoms with van der Waals surface area (Å²) in [5.74, 6) is 3.39. The second-order valence-electron chi connectivity index (χ2n) is 8.40. The number of hydrogen-bond acceptors (Lipinski definition) is 4. The first kappa shape index (κ1) is 22.6. The zero-order chi connectivity index (χ0) is 19.4. The lowest BCUT2D eigenvalue weighted by Crippen LogP contribution is -2.47. The molecule has 0 saturated carbocycles. The molecule has 2 heterocycles. The molecule has 0 amide bonds. The molecule has 1 fully saturated rings. The summed E-state index contributed by atoms with van der Waals surface area (Å²) in [6.45, 7) is 11.0. The van der Waals surface area contributed by atoms with Crippen LogP contribution in [0, 0.1) is 5.92 Å². The summed E-state index contributed by atoms with van der Waals surface area (Å²) in [6, 6.07) is 10.8. The number of likely N-dealkylation sites (tertiary alicyclic amines) is 1. The highest BCUT2D eigenvalue weighted by atomic mass is 127. The van der Waals surface area contributed by atoms with E-state index in [1.54, 1.807) is 0 Å². The number of rotatable bonds is 3. The predicted molar refractivity (Wildman–Crippen MR) is 123 cm³/mol. The van der Waals surface area contributed by atoms with Crippen molar-refractivity contribution in [3.05, 3.63) is 47.6 Å². The van der Waals surface area contributed by atoms with Crippen molar-refractivity contribution in [1.82, 2.24) is 20.4 Å². The van der Waals surface area contributed by atoms with E-state index < -0.39 is 0 Å². The first-order chi connectivity index (χ1) is 12.9. The highest BCUT2D eigenvalue weighted by Gasteiger charge is 2.29. The van der Waals surface area contributed by atoms with Crippen molar-refractivity contribution in [2.45, 2.75) is 52.0 Å². The molecule has 1 aromatic heterocycles. The highest BCUT2D eigenvalue weighted by Crippen LogP contribution is 2.32. The summed E-state index contributed by atoms with van der Waals surface area (Å²) in [5, 5.41) is 7.46. The van der Waals surface area contributed by atoms with E-state index in [-0.39, 0.29) is 29.4 Å². The minimum Gasteiger partial charge on any atom is -0.349 e. The number of nitrogens with one attached hydrogen (secondary N) is 1. The van der Waals surface area contributed by atoms with Crippen molar-refractivity contribution in [3.63, 3.8) is 0 Å². The van der Waals surface area contributed by atoms with E-state index in [0.29, 0.717) is 30.1 Å². The van der Waals surface area contributed by atoms with Crippen LogP contribution in [0.3, 0.4) is 0 Å². The molecule has 154 valence electrons. The van der Waals surface area contributed by atoms with E-state index in [1.165, 1.54) is 5.56 Å². The van der Waals surface area contributed by atoms with Crippen LogP contribution in [-0.4, -0.2) is 41.1 Å². The summed E-state index contributed by atoms with van der Waals surface area (Å²) >= 11 is 0. The molecule has 1 saturated heterocycles. The topological polar surface area (TPSA) is 66.5 Å². The molecule has 1 aliphatic heterocycles. The van der Waals surface area contributed by atoms with E-state index in [0.717, 1.165) is 25.5 Å². The van der Waals surface area contributed by atoms with Crippen molar-refractivity contribution in [3.8, 4) is 0 Å². The van der Waals surface area contributed by atoms with Gasteiger partial charge in [0.15, 0.2) is 11.8 Å². The van der Waals surface area contributed by atoms with Crippen molar-refractivity contribution >= 4 is 29.9 Å². The molecule has 1 N–H and O–H groups in total. The average molecular weight is 497 g/mol. The van der Waals surface area contributed by atoms with Crippen LogP contribution < -0.4 is 5.32 Å². The smallest absolute Gasteiger partial charge is 0.232 e. The van der Waals surface area contributed by atoms with Gasteiger partial charge in [-0.1, -0.05) is 63.2 Å². The lowest BCUT2D eigenvalue weighted by molar-refractivity contribution is 0.234. The Labute approximate surface area is 185 Å². The molecule has 28 heavy (non-hydrogen) atoms. The summed E-state index contributed by atoms with van der Waals surface area (Å²) in [5.41, 5.74) is 1.30. The zero-order valence-electron chi connectivity index (χ0n) is 17.5. The highest BCUT2D eigenvalue weighted by molar-refractivity contribution is 14.0. The minimum absolute atomic E-state index is 0. The predicted octanol–water partition coefficient (Wildman–Crippen LogP) is 4.19. The summed E-state index contributed by atoms with van der Waals surface area (Å²) in [7, 11) is 1.83. The van der Waals surface area contributed by atoms with Crippen LogP contribution in [0.5, 0.6) is 0 Å². The number of guanidine groups is 1. The number of benzene rings is 1. The van der Waals surface area contributed by atoms with E-state index in [2.05, 4.69) is 83.4 Å². The molecule has 1 aromatic carbocycles. The molecule has 1 aliphatic rings. The third kappa shape index (κ3) is 5.46. The van der Waals surface area contributed by atoms with Crippen LogP contribution in [0.2, 0.25) is 0 Å². The lowest BCUT2D eigenvalue weighted by Gasteiger charge is -2.38. The second-order valence-corrected chi connectivity index (χ2v) is 8.40. The summed E-state index contributed by atoms with van der Waals surface area (Å²) in [6.07, 6.45) is 1.13. The summed E-state index contributed by atoms with van der Waals surface area (Å²) < 4.78 is 5.37. The Kier molecular flexibility index (Phi) is 7.86. The fourth-order valence-electron chi connectivity index (χ4n) is 3.65. The molecule has 6 nitrogen and oxygen atoms in total. The largest absolute Gasteiger partial charge is 0.349 e. The Balaban J connectivity index is 0.00000280. The number of hydrogen-bond donors (Lipinski definition) is 1. The van der Waals surface area contributed by atoms with Crippen molar-refractivity contribution in [2.24, 2.45) is 10.9 Å². The molecule has 0 spiro atoms. The third-order valence-corrected chi connectivity index (χ3v) is 5.16. The van der Waals surface area contributed by atoms with Gasteiger partial charge in [-0.15, -0.1) is 24.0 Å². The quantitative estimate of drug-likeness (QED) is 0.392. The van der Waals surface area contributed by atoms with Gasteiger partial charge in [0.1, 0.15) is 0 Å². The lowest BCUT2D eigenvalue weighted by atomic mass is 9.82. The van der Waals surface area contributed by atoms with Crippen LogP contribution in [0.4, 0.5) is 0 Å². The fraction of sp³-hybridized carbons (Fsp3) is 0.571. The molecular formula is C21H32IN5O. The number of halogens is 1. The van der Waals surface area contributed by atoms with E-state index in [4.69, 9.17) is 4.52 Å². The molecule has 0 bridgehead atoms. The van der Waals surface area contributed by atoms with Gasteiger partial charge in [-0.25, -0.2) is 0 Å². The Bertz CT molecular complexity index is 769. The van der Waals surface area contributed by atoms with Crippen LogP contribution >= 0.6 is 24.0 Å². The first-order valence-electron chi connectivity index (χ1n) is 9.72. The maximum absolute atomic E-state index is 5.37. The Morgan fingerprint density at radius 3 is 2.57 bits per heavy atom. The van der Waals surface area contributed by atoms with E-state index in [1.807, 2.05) is 7.05 Å². The average Bonchev–Trinajstić information content (AvgIpc) is 3.12. The molecule has 2 atom stereocenters. The molecule has 0 radical (unpaired) electrons. The van der Waals surface area contributed by atoms with Gasteiger partial charge in [-0.3, -0.25) is 4.99 Å². The minimum atomic E-state index is -0.137. The Hall–Kier alpha value is -1.64. The number of aromatic nitrogens is 2. The molecule has 0 aliphatic carbocycles. The monoisotopic (exact) mass is 497 g/mol. The Morgan fingerprint density at radius 1 is 1.29 bits per heavy atom. The maximum atomic E-state index is 5.37. The van der Waals surface area contributed by atoms with Gasteiger partial charge in [0, 0.05) is 25.6 Å². The van der Waals surface area contributed by atoms with Crippen LogP contribution in [-0.2, 0) is 12.0 Å². The number of nitrogens with zero attached hydrogens (tertiary/aromatic N) is 4. The van der Waals surface area contributed by atoms with Gasteiger partial charge in [-0.2, -0.15) is 4.98 Å². The van der Waals surface area contributed by atoms with Gasteiger partial charge in [-0.05, 0) is 23.8 Å². The van der Waals surface area contributed by atoms with Crippen LogP contribution in [0.15, 0.2) is 39.8 Å². The van der Waals surface area contributed by atoms with Gasteiger partial charge in [0.25, 0.3) is 0 Å². The van der Waals surface area contributed by atoms with E-state index in [9.17, 15) is 0 Å². The normalized spacial score (nSPS) is 20.6. The SMILES string of the molecule is CN=C(NCc1noc(C(C)(C)C)n1)N1CCC(c2ccccc2)C(C)C1.I. The molecule has 2 aromatic rings. The third-order valence-electron chi connectivity index (χ3n) is 5.16. The van der Waals surface area contributed by atoms with Crippen LogP contribution in [0.1, 0.15) is 57.3 Å². The first-order valence-corrected chi connectivity index (χ1v) is 9.72. The van der Waals surface area contributed by atoms with Crippen molar-refractivity contribution in [2.75, 3.05) is 20.1 Å². The molecule has 3 rings (SSSR count). The summed E-state index contributed by atoms with van der Waals surface area (Å²) in [4.78, 5) is 11.3. The van der Waals surface area contributed by atoms with Gasteiger partial charge in [0.2, 0.25) is 5.89 Å². The second kappa shape index (κ2) is 9.71. The van der Waals surface area contributed by atoms with Crippen LogP contribution in [0.25, 0.3) is 0 Å². The fourth-order valence-corrected chi connectivity index (χ4v) is 3.65. The zero-order valence-corrected chi connectivity index (χ0v) is 19.8. The van der Waals surface area contributed by atoms with Gasteiger partial charge < -0.3 is 14.7 Å². The van der Waals surface area contributed by atoms with E-state index >= 15 is 0 Å². The molecular weight excluding hydrogens is 465 g/mol. The number of aliphatic imine (C=N–C) groups is 1. The van der Waals surface area contributed by atoms with Gasteiger partial charge >= 0.3 is 0 Å². The maximum Gasteiger partial charge on any atom is 0.232 e. The molecule has 2 unspecified atom stereocenters. The Morgan fingerprint density at radius 2 is 2.00 bits per heavy atom. The molecule has 7 heteroatoms. The van der Waals surface area contributed by atoms with Crippen molar-refractivity contribution in [1.29, 1.82) is 0 Å². The standard InChI is InChI=1S/C21H31N5O.HI/c1-15-14-26(12-11-17(15)16-9-7-6-8-10-16)20(22-5)23-13-18-24-19(27-25-18)21(2,3)4;/h6-10,15,17H,11-14H2,1-5H3,(H,22,23);1H. The number of piperidine rings is 1. The van der Waals surface area contributed by atoms with Gasteiger partial charge in [0.05, 0.1) is 6.54 Å². The van der Waals surface area contributed by atoms with Crippen molar-refractivity contribution < 1.29 is 4.52 Å².